The van der Waals surface area contributed by atoms with E-state index in [1.807, 2.05) is 6.92 Å². The summed E-state index contributed by atoms with van der Waals surface area (Å²) >= 11 is 5.92. The molecular weight excluding hydrogens is 264 g/mol. The molecule has 0 radical (unpaired) electrons. The molecule has 0 saturated heterocycles. The van der Waals surface area contributed by atoms with Gasteiger partial charge in [0.2, 0.25) is 5.91 Å². The Morgan fingerprint density at radius 2 is 2.37 bits per heavy atom. The fourth-order valence-electron chi connectivity index (χ4n) is 1.45. The number of nitrogens with one attached hydrogen (secondary N) is 1. The normalized spacial score (nSPS) is 11.7. The highest BCUT2D eigenvalue weighted by Crippen LogP contribution is 2.28. The number of carbonyl (C=O) groups is 1. The van der Waals surface area contributed by atoms with Gasteiger partial charge >= 0.3 is 0 Å². The Morgan fingerprint density at radius 3 is 3.00 bits per heavy atom. The van der Waals surface area contributed by atoms with Crippen LogP contribution in [-0.2, 0) is 4.79 Å². The summed E-state index contributed by atoms with van der Waals surface area (Å²) in [6.45, 7) is 6.14. The van der Waals surface area contributed by atoms with Crippen molar-refractivity contribution in [2.24, 2.45) is 5.73 Å². The number of nitrogens with two attached hydrogens (primary N) is 1. The van der Waals surface area contributed by atoms with Crippen molar-refractivity contribution in [1.82, 2.24) is 0 Å². The summed E-state index contributed by atoms with van der Waals surface area (Å²) in [5.41, 5.74) is 6.24. The monoisotopic (exact) mass is 282 g/mol. The van der Waals surface area contributed by atoms with Gasteiger partial charge in [-0.3, -0.25) is 4.79 Å². The molecule has 0 aliphatic rings. The average Bonchev–Trinajstić information content (AvgIpc) is 2.38. The zero-order valence-electron chi connectivity index (χ0n) is 11.0. The van der Waals surface area contributed by atoms with Crippen molar-refractivity contribution in [2.75, 3.05) is 11.9 Å². The molecule has 104 valence electrons. The second kappa shape index (κ2) is 7.81. The van der Waals surface area contributed by atoms with Gasteiger partial charge in [0.15, 0.2) is 0 Å². The van der Waals surface area contributed by atoms with Gasteiger partial charge in [-0.05, 0) is 31.0 Å². The van der Waals surface area contributed by atoms with Gasteiger partial charge in [0, 0.05) is 5.02 Å². The predicted molar refractivity (Wildman–Crippen MR) is 78.7 cm³/mol. The third-order valence-electron chi connectivity index (χ3n) is 2.42. The number of rotatable bonds is 7. The first-order valence-corrected chi connectivity index (χ1v) is 6.56. The lowest BCUT2D eigenvalue weighted by molar-refractivity contribution is -0.117. The molecule has 1 amide bonds. The molecule has 4 nitrogen and oxygen atoms in total. The van der Waals surface area contributed by atoms with Crippen molar-refractivity contribution in [3.05, 3.63) is 35.9 Å². The van der Waals surface area contributed by atoms with E-state index >= 15 is 0 Å². The van der Waals surface area contributed by atoms with Gasteiger partial charge in [-0.1, -0.05) is 24.6 Å². The van der Waals surface area contributed by atoms with Crippen LogP contribution in [0.1, 0.15) is 19.8 Å². The van der Waals surface area contributed by atoms with Crippen molar-refractivity contribution >= 4 is 23.2 Å². The minimum atomic E-state index is -0.629. The lowest BCUT2D eigenvalue weighted by Gasteiger charge is -2.14. The van der Waals surface area contributed by atoms with Gasteiger partial charge in [-0.2, -0.15) is 0 Å². The number of anilines is 1. The standard InChI is InChI=1S/C14H19ClN2O2/c1-3-5-11(16)14(18)17-12-9-10(15)6-7-13(12)19-8-4-2/h3,6-7,9,11H,1,4-5,8,16H2,2H3,(H,17,18). The van der Waals surface area contributed by atoms with E-state index in [9.17, 15) is 4.79 Å². The van der Waals surface area contributed by atoms with E-state index in [-0.39, 0.29) is 5.91 Å². The fourth-order valence-corrected chi connectivity index (χ4v) is 1.62. The summed E-state index contributed by atoms with van der Waals surface area (Å²) in [4.78, 5) is 11.9. The van der Waals surface area contributed by atoms with Crippen molar-refractivity contribution in [3.63, 3.8) is 0 Å². The third-order valence-corrected chi connectivity index (χ3v) is 2.65. The lowest BCUT2D eigenvalue weighted by Crippen LogP contribution is -2.35. The van der Waals surface area contributed by atoms with Crippen LogP contribution in [0.25, 0.3) is 0 Å². The number of halogens is 1. The molecule has 0 spiro atoms. The molecular formula is C14H19ClN2O2. The SMILES string of the molecule is C=CCC(N)C(=O)Nc1cc(Cl)ccc1OCCC. The van der Waals surface area contributed by atoms with Crippen molar-refractivity contribution < 1.29 is 9.53 Å². The summed E-state index contributed by atoms with van der Waals surface area (Å²) in [5, 5.41) is 3.25. The molecule has 0 aromatic heterocycles. The van der Waals surface area contributed by atoms with Crippen LogP contribution in [0.15, 0.2) is 30.9 Å². The molecule has 1 rings (SSSR count). The molecule has 0 heterocycles. The first-order valence-electron chi connectivity index (χ1n) is 6.18. The van der Waals surface area contributed by atoms with E-state index < -0.39 is 6.04 Å². The fraction of sp³-hybridized carbons (Fsp3) is 0.357. The summed E-state index contributed by atoms with van der Waals surface area (Å²) < 4.78 is 5.55. The summed E-state index contributed by atoms with van der Waals surface area (Å²) in [6.07, 6.45) is 2.90. The van der Waals surface area contributed by atoms with Gasteiger partial charge in [0.25, 0.3) is 0 Å². The lowest BCUT2D eigenvalue weighted by atomic mass is 10.2. The number of ether oxygens (including phenoxy) is 1. The molecule has 3 N–H and O–H groups in total. The maximum Gasteiger partial charge on any atom is 0.241 e. The molecule has 0 aliphatic heterocycles. The van der Waals surface area contributed by atoms with E-state index in [2.05, 4.69) is 11.9 Å². The molecule has 0 bridgehead atoms. The minimum absolute atomic E-state index is 0.288. The predicted octanol–water partition coefficient (Wildman–Crippen LogP) is 2.97. The maximum atomic E-state index is 11.9. The van der Waals surface area contributed by atoms with Gasteiger partial charge < -0.3 is 15.8 Å². The third kappa shape index (κ3) is 4.93. The molecule has 1 aromatic carbocycles. The first-order chi connectivity index (χ1) is 9.08. The number of hydrogen-bond donors (Lipinski definition) is 2. The number of benzene rings is 1. The van der Waals surface area contributed by atoms with E-state index in [1.165, 1.54) is 0 Å². The Bertz CT molecular complexity index is 449. The Balaban J connectivity index is 2.82. The topological polar surface area (TPSA) is 64.4 Å². The van der Waals surface area contributed by atoms with Gasteiger partial charge in [0.05, 0.1) is 18.3 Å². The van der Waals surface area contributed by atoms with Gasteiger partial charge in [-0.15, -0.1) is 6.58 Å². The summed E-state index contributed by atoms with van der Waals surface area (Å²) in [6, 6.07) is 4.46. The van der Waals surface area contributed by atoms with E-state index in [0.717, 1.165) is 6.42 Å². The van der Waals surface area contributed by atoms with E-state index in [1.54, 1.807) is 24.3 Å². The molecule has 0 saturated carbocycles. The largest absolute Gasteiger partial charge is 0.491 e. The zero-order chi connectivity index (χ0) is 14.3. The Hall–Kier alpha value is -1.52. The molecule has 1 aromatic rings. The van der Waals surface area contributed by atoms with Crippen LogP contribution in [0.2, 0.25) is 5.02 Å². The van der Waals surface area contributed by atoms with Gasteiger partial charge in [-0.25, -0.2) is 0 Å². The first kappa shape index (κ1) is 15.5. The molecule has 1 unspecified atom stereocenters. The van der Waals surface area contributed by atoms with E-state index in [0.29, 0.717) is 29.5 Å². The zero-order valence-corrected chi connectivity index (χ0v) is 11.7. The van der Waals surface area contributed by atoms with Crippen molar-refractivity contribution in [3.8, 4) is 5.75 Å². The highest BCUT2D eigenvalue weighted by molar-refractivity contribution is 6.31. The van der Waals surface area contributed by atoms with Crippen LogP contribution in [0.3, 0.4) is 0 Å². The average molecular weight is 283 g/mol. The minimum Gasteiger partial charge on any atom is -0.491 e. The van der Waals surface area contributed by atoms with Crippen LogP contribution >= 0.6 is 11.6 Å². The van der Waals surface area contributed by atoms with Crippen LogP contribution in [-0.4, -0.2) is 18.6 Å². The number of carbonyl (C=O) groups excluding carboxylic acids is 1. The summed E-state index contributed by atoms with van der Waals surface area (Å²) in [5.74, 6) is 0.300. The van der Waals surface area contributed by atoms with E-state index in [4.69, 9.17) is 22.1 Å². The Morgan fingerprint density at radius 1 is 1.63 bits per heavy atom. The van der Waals surface area contributed by atoms with Crippen molar-refractivity contribution in [1.29, 1.82) is 0 Å². The van der Waals surface area contributed by atoms with Crippen LogP contribution in [0.5, 0.6) is 5.75 Å². The maximum absolute atomic E-state index is 11.9. The number of hydrogen-bond acceptors (Lipinski definition) is 3. The molecule has 19 heavy (non-hydrogen) atoms. The highest BCUT2D eigenvalue weighted by atomic mass is 35.5. The second-order valence-electron chi connectivity index (χ2n) is 4.11. The molecule has 0 aliphatic carbocycles. The quantitative estimate of drug-likeness (QED) is 0.756. The van der Waals surface area contributed by atoms with Crippen LogP contribution in [0.4, 0.5) is 5.69 Å². The summed E-state index contributed by atoms with van der Waals surface area (Å²) in [7, 11) is 0. The highest BCUT2D eigenvalue weighted by Gasteiger charge is 2.14. The van der Waals surface area contributed by atoms with Crippen LogP contribution < -0.4 is 15.8 Å². The second-order valence-corrected chi connectivity index (χ2v) is 4.55. The number of amides is 1. The smallest absolute Gasteiger partial charge is 0.241 e. The van der Waals surface area contributed by atoms with Gasteiger partial charge in [0.1, 0.15) is 5.75 Å². The Kier molecular flexibility index (Phi) is 6.39. The molecule has 0 fully saturated rings. The Labute approximate surface area is 118 Å². The van der Waals surface area contributed by atoms with Crippen molar-refractivity contribution in [2.45, 2.75) is 25.8 Å². The van der Waals surface area contributed by atoms with Crippen LogP contribution in [0, 0.1) is 0 Å². The molecule has 1 atom stereocenters. The molecule has 5 heteroatoms.